The van der Waals surface area contributed by atoms with Crippen LogP contribution in [0, 0.1) is 11.3 Å². The number of fused-ring (bicyclic) bond motifs is 1. The number of nitriles is 1. The van der Waals surface area contributed by atoms with Gasteiger partial charge in [0, 0.05) is 43.4 Å². The largest absolute Gasteiger partial charge is 0.435 e. The first-order valence-corrected chi connectivity index (χ1v) is 13.1. The molecule has 0 radical (unpaired) electrons. The van der Waals surface area contributed by atoms with Crippen LogP contribution >= 0.6 is 11.6 Å². The molecule has 1 aromatic carbocycles. The van der Waals surface area contributed by atoms with Crippen LogP contribution in [0.25, 0.3) is 16.9 Å². The van der Waals surface area contributed by atoms with Gasteiger partial charge in [-0.25, -0.2) is 9.97 Å². The molecule has 0 spiro atoms. The van der Waals surface area contributed by atoms with Crippen LogP contribution < -0.4 is 16.4 Å². The van der Waals surface area contributed by atoms with Crippen LogP contribution in [-0.4, -0.2) is 66.0 Å². The van der Waals surface area contributed by atoms with Crippen molar-refractivity contribution < 1.29 is 22.8 Å². The Labute approximate surface area is 241 Å². The highest BCUT2D eigenvalue weighted by Crippen LogP contribution is 2.37. The molecule has 12 nitrogen and oxygen atoms in total. The normalized spacial score (nSPS) is 15.9. The second-order valence-electron chi connectivity index (χ2n) is 9.71. The number of alkyl halides is 3. The number of rotatable bonds is 7. The SMILES string of the molecule is CC(NC(=O)c1ccc(Nc2nccn3c(-c4cn(CC#N)nc4C(F)(F)F)cnc23)cc1Cl)C(=O)N1CCC(N)C1. The number of halogens is 4. The molecule has 2 unspecified atom stereocenters. The fourth-order valence-electron chi connectivity index (χ4n) is 4.69. The number of imidazole rings is 1. The van der Waals surface area contributed by atoms with E-state index in [1.165, 1.54) is 35.1 Å². The molecule has 1 aliphatic heterocycles. The summed E-state index contributed by atoms with van der Waals surface area (Å²) < 4.78 is 43.4. The zero-order chi connectivity index (χ0) is 30.2. The summed E-state index contributed by atoms with van der Waals surface area (Å²) in [5, 5.41) is 18.2. The Kier molecular flexibility index (Phi) is 7.76. The minimum absolute atomic E-state index is 0.0777. The number of nitrogens with zero attached hydrogens (tertiary/aromatic N) is 7. The number of benzene rings is 1. The van der Waals surface area contributed by atoms with Gasteiger partial charge in [-0.1, -0.05) is 11.6 Å². The summed E-state index contributed by atoms with van der Waals surface area (Å²) in [6.45, 7) is 2.21. The number of hydrogen-bond acceptors (Lipinski definition) is 8. The summed E-state index contributed by atoms with van der Waals surface area (Å²) >= 11 is 6.40. The second kappa shape index (κ2) is 11.3. The van der Waals surface area contributed by atoms with Crippen LogP contribution in [0.5, 0.6) is 0 Å². The molecule has 218 valence electrons. The van der Waals surface area contributed by atoms with E-state index in [9.17, 15) is 22.8 Å². The van der Waals surface area contributed by atoms with Crippen molar-refractivity contribution in [1.29, 1.82) is 5.26 Å². The van der Waals surface area contributed by atoms with Gasteiger partial charge in [0.25, 0.3) is 5.91 Å². The average molecular weight is 601 g/mol. The van der Waals surface area contributed by atoms with Crippen molar-refractivity contribution in [3.05, 3.63) is 59.3 Å². The summed E-state index contributed by atoms with van der Waals surface area (Å²) in [7, 11) is 0. The topological polar surface area (TPSA) is 159 Å². The molecule has 4 N–H and O–H groups in total. The quantitative estimate of drug-likeness (QED) is 0.292. The number of aromatic nitrogens is 5. The first-order chi connectivity index (χ1) is 20.0. The van der Waals surface area contributed by atoms with Gasteiger partial charge in [0.2, 0.25) is 5.91 Å². The van der Waals surface area contributed by atoms with Crippen LogP contribution in [0.4, 0.5) is 24.7 Å². The lowest BCUT2D eigenvalue weighted by atomic mass is 10.1. The predicted octanol–water partition coefficient (Wildman–Crippen LogP) is 3.21. The molecule has 16 heteroatoms. The highest BCUT2D eigenvalue weighted by atomic mass is 35.5. The van der Waals surface area contributed by atoms with Crippen LogP contribution in [0.3, 0.4) is 0 Å². The molecule has 1 fully saturated rings. The van der Waals surface area contributed by atoms with E-state index in [0.29, 0.717) is 25.2 Å². The molecule has 42 heavy (non-hydrogen) atoms. The van der Waals surface area contributed by atoms with Gasteiger partial charge in [-0.2, -0.15) is 23.5 Å². The van der Waals surface area contributed by atoms with Crippen LogP contribution in [0.15, 0.2) is 43.0 Å². The lowest BCUT2D eigenvalue weighted by molar-refractivity contribution is -0.141. The molecule has 3 aromatic heterocycles. The molecule has 2 amide bonds. The molecule has 1 saturated heterocycles. The van der Waals surface area contributed by atoms with Gasteiger partial charge in [0.15, 0.2) is 17.2 Å². The molecule has 0 aliphatic carbocycles. The van der Waals surface area contributed by atoms with Gasteiger partial charge in [-0.15, -0.1) is 0 Å². The molecule has 5 rings (SSSR count). The summed E-state index contributed by atoms with van der Waals surface area (Å²) in [6.07, 6.45) is 1.17. The Morgan fingerprint density at radius 3 is 2.76 bits per heavy atom. The number of carbonyl (C=O) groups excluding carboxylic acids is 2. The summed E-state index contributed by atoms with van der Waals surface area (Å²) in [4.78, 5) is 35.6. The molecule has 2 atom stereocenters. The molecule has 4 aromatic rings. The van der Waals surface area contributed by atoms with Gasteiger partial charge < -0.3 is 21.3 Å². The maximum absolute atomic E-state index is 13.7. The van der Waals surface area contributed by atoms with Crippen molar-refractivity contribution in [1.82, 2.24) is 34.4 Å². The van der Waals surface area contributed by atoms with Crippen LogP contribution in [0.2, 0.25) is 5.02 Å². The van der Waals surface area contributed by atoms with Gasteiger partial charge in [-0.05, 0) is 31.5 Å². The molecule has 0 bridgehead atoms. The highest BCUT2D eigenvalue weighted by molar-refractivity contribution is 6.34. The first kappa shape index (κ1) is 28.8. The van der Waals surface area contributed by atoms with Crippen molar-refractivity contribution in [3.8, 4) is 17.3 Å². The van der Waals surface area contributed by atoms with E-state index in [0.717, 1.165) is 10.9 Å². The van der Waals surface area contributed by atoms with Gasteiger partial charge >= 0.3 is 6.18 Å². The van der Waals surface area contributed by atoms with Crippen molar-refractivity contribution in [2.75, 3.05) is 18.4 Å². The lowest BCUT2D eigenvalue weighted by Crippen LogP contribution is -2.46. The Morgan fingerprint density at radius 1 is 1.31 bits per heavy atom. The van der Waals surface area contributed by atoms with Crippen LogP contribution in [-0.2, 0) is 17.5 Å². The average Bonchev–Trinajstić information content (AvgIpc) is 3.66. The van der Waals surface area contributed by atoms with Crippen molar-refractivity contribution >= 4 is 40.6 Å². The lowest BCUT2D eigenvalue weighted by Gasteiger charge is -2.21. The minimum atomic E-state index is -4.76. The number of nitrogens with two attached hydrogens (primary N) is 1. The predicted molar refractivity (Wildman–Crippen MR) is 146 cm³/mol. The third kappa shape index (κ3) is 5.71. The molecular formula is C26H24ClF3N10O2. The van der Waals surface area contributed by atoms with E-state index in [-0.39, 0.29) is 51.8 Å². The van der Waals surface area contributed by atoms with E-state index >= 15 is 0 Å². The summed E-state index contributed by atoms with van der Waals surface area (Å²) in [5.41, 5.74) is 5.34. The molecular weight excluding hydrogens is 577 g/mol. The summed E-state index contributed by atoms with van der Waals surface area (Å²) in [5.74, 6) is -0.562. The Morgan fingerprint density at radius 2 is 2.10 bits per heavy atom. The molecule has 0 saturated carbocycles. The minimum Gasteiger partial charge on any atom is -0.340 e. The number of anilines is 2. The maximum Gasteiger partial charge on any atom is 0.435 e. The van der Waals surface area contributed by atoms with E-state index in [1.807, 2.05) is 0 Å². The van der Waals surface area contributed by atoms with Gasteiger partial charge in [0.1, 0.15) is 12.6 Å². The van der Waals surface area contributed by atoms with E-state index in [4.69, 9.17) is 22.6 Å². The Hall–Kier alpha value is -4.68. The van der Waals surface area contributed by atoms with Crippen LogP contribution in [0.1, 0.15) is 29.4 Å². The number of amides is 2. The fraction of sp³-hybridized carbons (Fsp3) is 0.308. The molecule has 4 heterocycles. The zero-order valence-electron chi connectivity index (χ0n) is 22.1. The standard InChI is InChI=1S/C26H24ClF3N10O2/c1-14(25(42)38-7-4-15(32)12-38)35-24(41)17-3-2-16(10-19(17)27)36-22-23-34-11-20(40(23)9-6-33-22)18-13-39(8-5-31)37-21(18)26(28,29)30/h2-3,6,9-11,13-15H,4,7-8,12,32H2,1H3,(H,33,36)(H,35,41). The fourth-order valence-corrected chi connectivity index (χ4v) is 4.96. The Balaban J connectivity index is 1.36. The van der Waals surface area contributed by atoms with E-state index in [2.05, 4.69) is 25.7 Å². The van der Waals surface area contributed by atoms with Crippen molar-refractivity contribution in [2.45, 2.75) is 38.1 Å². The second-order valence-corrected chi connectivity index (χ2v) is 10.1. The van der Waals surface area contributed by atoms with Gasteiger partial charge in [0.05, 0.1) is 34.1 Å². The highest BCUT2D eigenvalue weighted by Gasteiger charge is 2.38. The number of likely N-dealkylation sites (tertiary alicyclic amines) is 1. The van der Waals surface area contributed by atoms with Crippen molar-refractivity contribution in [3.63, 3.8) is 0 Å². The Bertz CT molecular complexity index is 1710. The number of carbonyl (C=O) groups is 2. The maximum atomic E-state index is 13.7. The smallest absolute Gasteiger partial charge is 0.340 e. The number of nitrogens with one attached hydrogen (secondary N) is 2. The summed E-state index contributed by atoms with van der Waals surface area (Å²) in [6, 6.07) is 5.43. The van der Waals surface area contributed by atoms with E-state index in [1.54, 1.807) is 24.0 Å². The monoisotopic (exact) mass is 600 g/mol. The third-order valence-corrected chi connectivity index (χ3v) is 7.01. The van der Waals surface area contributed by atoms with Crippen molar-refractivity contribution in [2.24, 2.45) is 5.73 Å². The zero-order valence-corrected chi connectivity index (χ0v) is 22.8. The third-order valence-electron chi connectivity index (χ3n) is 6.70. The molecule has 1 aliphatic rings. The number of hydrogen-bond donors (Lipinski definition) is 3. The van der Waals surface area contributed by atoms with E-state index < -0.39 is 23.8 Å². The van der Waals surface area contributed by atoms with Gasteiger partial charge in [-0.3, -0.25) is 18.7 Å². The first-order valence-electron chi connectivity index (χ1n) is 12.7.